The second kappa shape index (κ2) is 18.1. The molecule has 1 aliphatic carbocycles. The number of nitrogens with two attached hydrogens (primary N) is 6. The van der Waals surface area contributed by atoms with Crippen LogP contribution in [-0.4, -0.2) is 198 Å². The molecule has 4 rings (SSSR count). The van der Waals surface area contributed by atoms with Gasteiger partial charge in [0.15, 0.2) is 18.9 Å². The molecule has 3 aliphatic heterocycles. The van der Waals surface area contributed by atoms with Gasteiger partial charge in [0.2, 0.25) is 0 Å². The highest BCUT2D eigenvalue weighted by Crippen LogP contribution is 2.35. The van der Waals surface area contributed by atoms with E-state index >= 15 is 0 Å². The zero-order chi connectivity index (χ0) is 35.3. The van der Waals surface area contributed by atoms with Crippen LogP contribution in [0.3, 0.4) is 0 Å². The van der Waals surface area contributed by atoms with Crippen LogP contribution >= 0.6 is 0 Å². The van der Waals surface area contributed by atoms with Gasteiger partial charge in [-0.2, -0.15) is 0 Å². The molecule has 0 spiro atoms. The summed E-state index contributed by atoms with van der Waals surface area (Å²) in [6, 6.07) is -4.23. The fourth-order valence-corrected chi connectivity index (χ4v) is 6.35. The van der Waals surface area contributed by atoms with Crippen LogP contribution in [-0.2, 0) is 33.2 Å². The fourth-order valence-electron chi connectivity index (χ4n) is 6.35. The van der Waals surface area contributed by atoms with Crippen molar-refractivity contribution in [3.05, 3.63) is 0 Å². The predicted molar refractivity (Wildman–Crippen MR) is 162 cm³/mol. The average Bonchev–Trinajstić information content (AvgIpc) is 3.40. The summed E-state index contributed by atoms with van der Waals surface area (Å²) in [6.07, 6.45) is -19.3. The maximum Gasteiger partial charge on any atom is 0.187 e. The van der Waals surface area contributed by atoms with Crippen molar-refractivity contribution in [2.75, 3.05) is 46.0 Å². The minimum absolute atomic E-state index is 0.0793. The zero-order valence-corrected chi connectivity index (χ0v) is 26.6. The number of nitrogens with one attached hydrogen (secondary N) is 1. The van der Waals surface area contributed by atoms with Crippen molar-refractivity contribution in [1.82, 2.24) is 5.32 Å². The molecule has 1 saturated carbocycles. The Morgan fingerprint density at radius 3 is 1.71 bits per heavy atom. The van der Waals surface area contributed by atoms with Crippen molar-refractivity contribution in [1.29, 1.82) is 0 Å². The summed E-state index contributed by atoms with van der Waals surface area (Å²) < 4.78 is 42.1. The summed E-state index contributed by atoms with van der Waals surface area (Å²) >= 11 is 0. The third-order valence-corrected chi connectivity index (χ3v) is 9.21. The molecule has 0 aromatic rings. The van der Waals surface area contributed by atoms with Crippen LogP contribution in [0.5, 0.6) is 0 Å². The van der Waals surface area contributed by atoms with E-state index in [-0.39, 0.29) is 19.6 Å². The molecule has 0 amide bonds. The van der Waals surface area contributed by atoms with Gasteiger partial charge in [-0.3, -0.25) is 0 Å². The van der Waals surface area contributed by atoms with Gasteiger partial charge in [-0.15, -0.1) is 0 Å². The second-order valence-electron chi connectivity index (χ2n) is 12.6. The molecule has 282 valence electrons. The third kappa shape index (κ3) is 8.78. The van der Waals surface area contributed by atoms with Crippen molar-refractivity contribution in [3.8, 4) is 0 Å². The first-order valence-corrected chi connectivity index (χ1v) is 16.2. The van der Waals surface area contributed by atoms with E-state index in [9.17, 15) is 35.7 Å². The number of aliphatic hydroxyl groups excluding tert-OH is 7. The lowest BCUT2D eigenvalue weighted by Crippen LogP contribution is -2.68. The lowest BCUT2D eigenvalue weighted by atomic mass is 9.84. The summed E-state index contributed by atoms with van der Waals surface area (Å²) in [5, 5.41) is 75.8. The van der Waals surface area contributed by atoms with Gasteiger partial charge in [0.1, 0.15) is 67.1 Å². The molecular weight excluding hydrogens is 646 g/mol. The molecule has 0 bridgehead atoms. The molecule has 20 N–H and O–H groups in total. The number of hydrogen-bond acceptors (Lipinski definition) is 21. The van der Waals surface area contributed by atoms with Crippen LogP contribution in [0.1, 0.15) is 6.42 Å². The van der Waals surface area contributed by atoms with E-state index in [1.165, 1.54) is 0 Å². The van der Waals surface area contributed by atoms with Crippen LogP contribution in [0, 0.1) is 0 Å². The molecule has 0 aromatic carbocycles. The van der Waals surface area contributed by atoms with E-state index < -0.39 is 129 Å². The Labute approximate surface area is 277 Å². The van der Waals surface area contributed by atoms with Crippen molar-refractivity contribution in [2.45, 2.75) is 123 Å². The van der Waals surface area contributed by atoms with Crippen molar-refractivity contribution < 1.29 is 68.9 Å². The van der Waals surface area contributed by atoms with E-state index in [1.807, 2.05) is 0 Å². The van der Waals surface area contributed by atoms with E-state index in [0.717, 1.165) is 0 Å². The Morgan fingerprint density at radius 2 is 1.12 bits per heavy atom. The molecule has 4 fully saturated rings. The normalized spacial score (nSPS) is 48.6. The first-order valence-electron chi connectivity index (χ1n) is 16.2. The molecule has 21 heteroatoms. The SMILES string of the molecule is NCCNCCO[C@H]1[C@H](O[C@@H]2[C@@H](O)[C@H](N)C[C@H](N)[C@H]2O[C@H]2O[C@H](CO)[C@@H](O)[C@H](O)[C@H]2N)O[C@H](CO)[C@H]1O[C@H]1O[C@@H](CN)[C@@H](O)[C@H](O)[C@H]1N. The number of ether oxygens (including phenoxy) is 7. The van der Waals surface area contributed by atoms with E-state index in [4.69, 9.17) is 67.6 Å². The Hall–Kier alpha value is -0.840. The van der Waals surface area contributed by atoms with Crippen LogP contribution in [0.2, 0.25) is 0 Å². The van der Waals surface area contributed by atoms with E-state index in [1.54, 1.807) is 0 Å². The predicted octanol–water partition coefficient (Wildman–Crippen LogP) is -9.29. The zero-order valence-electron chi connectivity index (χ0n) is 26.6. The van der Waals surface area contributed by atoms with Crippen LogP contribution in [0.4, 0.5) is 0 Å². The van der Waals surface area contributed by atoms with Crippen molar-refractivity contribution in [3.63, 3.8) is 0 Å². The second-order valence-corrected chi connectivity index (χ2v) is 12.6. The van der Waals surface area contributed by atoms with Gasteiger partial charge in [-0.25, -0.2) is 0 Å². The minimum atomic E-state index is -1.52. The topological polar surface area (TPSA) is 374 Å². The maximum atomic E-state index is 11.2. The summed E-state index contributed by atoms with van der Waals surface area (Å²) in [6.45, 7) is -0.0789. The highest BCUT2D eigenvalue weighted by atomic mass is 16.8. The molecule has 0 unspecified atom stereocenters. The molecule has 3 heterocycles. The van der Waals surface area contributed by atoms with Gasteiger partial charge in [0.25, 0.3) is 0 Å². The molecule has 3 saturated heterocycles. The minimum Gasteiger partial charge on any atom is -0.394 e. The quantitative estimate of drug-likeness (QED) is 0.0704. The van der Waals surface area contributed by atoms with Gasteiger partial charge in [-0.05, 0) is 6.42 Å². The molecule has 21 nitrogen and oxygen atoms in total. The summed E-state index contributed by atoms with van der Waals surface area (Å²) in [5.41, 5.74) is 36.1. The summed E-state index contributed by atoms with van der Waals surface area (Å²) in [5.74, 6) is 0. The van der Waals surface area contributed by atoms with Crippen LogP contribution in [0.15, 0.2) is 0 Å². The monoisotopic (exact) mass is 701 g/mol. The smallest absolute Gasteiger partial charge is 0.187 e. The highest BCUT2D eigenvalue weighted by molar-refractivity contribution is 5.02. The molecule has 4 aliphatic rings. The molecule has 0 aromatic heterocycles. The Kier molecular flexibility index (Phi) is 15.0. The average molecular weight is 702 g/mol. The molecule has 19 atom stereocenters. The number of aliphatic hydroxyl groups is 7. The first kappa shape index (κ1) is 39.9. The fraction of sp³-hybridized carbons (Fsp3) is 1.00. The summed E-state index contributed by atoms with van der Waals surface area (Å²) in [7, 11) is 0. The number of rotatable bonds is 15. The van der Waals surface area contributed by atoms with Crippen molar-refractivity contribution >= 4 is 0 Å². The largest absolute Gasteiger partial charge is 0.394 e. The lowest BCUT2D eigenvalue weighted by Gasteiger charge is -2.47. The van der Waals surface area contributed by atoms with Gasteiger partial charge >= 0.3 is 0 Å². The first-order chi connectivity index (χ1) is 22.9. The summed E-state index contributed by atoms with van der Waals surface area (Å²) in [4.78, 5) is 0. The molecular formula is C27H55N7O14. The van der Waals surface area contributed by atoms with Crippen LogP contribution < -0.4 is 39.7 Å². The van der Waals surface area contributed by atoms with Gasteiger partial charge in [0, 0.05) is 38.3 Å². The van der Waals surface area contributed by atoms with Crippen molar-refractivity contribution in [2.24, 2.45) is 34.4 Å². The molecule has 0 radical (unpaired) electrons. The highest BCUT2D eigenvalue weighted by Gasteiger charge is 2.55. The number of hydrogen-bond donors (Lipinski definition) is 14. The third-order valence-electron chi connectivity index (χ3n) is 9.21. The van der Waals surface area contributed by atoms with E-state index in [2.05, 4.69) is 5.32 Å². The molecule has 48 heavy (non-hydrogen) atoms. The van der Waals surface area contributed by atoms with Gasteiger partial charge in [0.05, 0.1) is 38.0 Å². The standard InChI is InChI=1S/C27H55N7O14/c28-1-2-34-3-4-42-24-22(47-25-14(32)19(40)17(38)11(6-29)43-25)13(8-36)45-27(24)48-23-16(37)9(30)5-10(31)21(23)46-26-15(33)20(41)18(39)12(7-35)44-26/h9-27,34-41H,1-8,28-33H2/t9-,10+,11+,12-,13-,14-,15-,16+,17-,18-,19-,20-,21-,22-,23-,24-,25-,26-,27+/m1/s1. The Morgan fingerprint density at radius 1 is 0.583 bits per heavy atom. The van der Waals surface area contributed by atoms with E-state index in [0.29, 0.717) is 19.6 Å². The van der Waals surface area contributed by atoms with Gasteiger partial charge in [-0.1, -0.05) is 0 Å². The Balaban J connectivity index is 1.58. The lowest BCUT2D eigenvalue weighted by molar-refractivity contribution is -0.311. The van der Waals surface area contributed by atoms with Crippen LogP contribution in [0.25, 0.3) is 0 Å². The Bertz CT molecular complexity index is 966. The maximum absolute atomic E-state index is 11.2. The van der Waals surface area contributed by atoms with Gasteiger partial charge < -0.3 is 109 Å².